The SMILES string of the molecule is C.c1coc(CNCc2ccc(CN(Cc3nc4ccccc4[nH]3)C3CCCc4cccnc43)cc2)c1. The number of aromatic nitrogens is 3. The fraction of sp³-hybridized carbons (Fsp3) is 0.290. The Morgan fingerprint density at radius 2 is 1.78 bits per heavy atom. The van der Waals surface area contributed by atoms with Gasteiger partial charge in [0.25, 0.3) is 0 Å². The molecule has 5 aromatic rings. The molecule has 0 amide bonds. The van der Waals surface area contributed by atoms with Crippen LogP contribution in [0.1, 0.15) is 60.3 Å². The molecule has 3 aromatic heterocycles. The van der Waals surface area contributed by atoms with Gasteiger partial charge in [-0.15, -0.1) is 0 Å². The topological polar surface area (TPSA) is 70.0 Å². The molecule has 2 N–H and O–H groups in total. The van der Waals surface area contributed by atoms with Crippen molar-refractivity contribution in [3.8, 4) is 0 Å². The second kappa shape index (κ2) is 11.5. The molecule has 0 bridgehead atoms. The molecule has 1 aliphatic rings. The Kier molecular flexibility index (Phi) is 7.78. The number of hydrogen-bond donors (Lipinski definition) is 2. The maximum atomic E-state index is 5.40. The van der Waals surface area contributed by atoms with Crippen LogP contribution in [-0.4, -0.2) is 19.9 Å². The third kappa shape index (κ3) is 5.82. The average Bonchev–Trinajstić information content (AvgIpc) is 3.58. The number of pyridine rings is 1. The van der Waals surface area contributed by atoms with Crippen molar-refractivity contribution in [3.05, 3.63) is 119 Å². The fourth-order valence-corrected chi connectivity index (χ4v) is 5.23. The van der Waals surface area contributed by atoms with Crippen molar-refractivity contribution in [2.24, 2.45) is 0 Å². The molecule has 3 heterocycles. The second-order valence-electron chi connectivity index (χ2n) is 9.56. The predicted octanol–water partition coefficient (Wildman–Crippen LogP) is 6.56. The zero-order valence-electron chi connectivity index (χ0n) is 20.4. The van der Waals surface area contributed by atoms with Crippen LogP contribution in [0, 0.1) is 0 Å². The van der Waals surface area contributed by atoms with E-state index in [-0.39, 0.29) is 13.5 Å². The molecule has 1 unspecified atom stereocenters. The highest BCUT2D eigenvalue weighted by molar-refractivity contribution is 5.74. The van der Waals surface area contributed by atoms with Crippen LogP contribution in [0.5, 0.6) is 0 Å². The van der Waals surface area contributed by atoms with Gasteiger partial charge in [0.2, 0.25) is 0 Å². The van der Waals surface area contributed by atoms with Gasteiger partial charge in [-0.3, -0.25) is 9.88 Å². The van der Waals surface area contributed by atoms with Gasteiger partial charge < -0.3 is 14.7 Å². The zero-order valence-corrected chi connectivity index (χ0v) is 20.4. The van der Waals surface area contributed by atoms with Crippen LogP contribution in [0.3, 0.4) is 0 Å². The minimum Gasteiger partial charge on any atom is -0.468 e. The van der Waals surface area contributed by atoms with Crippen LogP contribution in [-0.2, 0) is 32.6 Å². The Balaban J connectivity index is 0.00000280. The number of para-hydroxylation sites is 2. The van der Waals surface area contributed by atoms with Crippen molar-refractivity contribution in [3.63, 3.8) is 0 Å². The summed E-state index contributed by atoms with van der Waals surface area (Å²) in [5.41, 5.74) is 7.25. The second-order valence-corrected chi connectivity index (χ2v) is 9.56. The lowest BCUT2D eigenvalue weighted by Gasteiger charge is -2.34. The van der Waals surface area contributed by atoms with E-state index in [9.17, 15) is 0 Å². The van der Waals surface area contributed by atoms with E-state index in [0.29, 0.717) is 0 Å². The molecular formula is C31H35N5O. The molecule has 0 fully saturated rings. The first kappa shape index (κ1) is 24.9. The molecule has 0 spiro atoms. The summed E-state index contributed by atoms with van der Waals surface area (Å²) in [5, 5.41) is 3.45. The molecule has 0 saturated heterocycles. The molecule has 0 saturated carbocycles. The van der Waals surface area contributed by atoms with Crippen LogP contribution < -0.4 is 5.32 Å². The average molecular weight is 494 g/mol. The van der Waals surface area contributed by atoms with Gasteiger partial charge in [-0.05, 0) is 66.3 Å². The molecule has 1 atom stereocenters. The lowest BCUT2D eigenvalue weighted by atomic mass is 9.90. The van der Waals surface area contributed by atoms with Crippen LogP contribution in [0.15, 0.2) is 89.7 Å². The van der Waals surface area contributed by atoms with Gasteiger partial charge in [0, 0.05) is 19.3 Å². The number of H-pyrrole nitrogens is 1. The number of rotatable bonds is 9. The van der Waals surface area contributed by atoms with E-state index in [0.717, 1.165) is 61.6 Å². The van der Waals surface area contributed by atoms with E-state index in [1.165, 1.54) is 28.8 Å². The molecule has 6 heteroatoms. The Morgan fingerprint density at radius 3 is 2.62 bits per heavy atom. The molecule has 190 valence electrons. The highest BCUT2D eigenvalue weighted by Crippen LogP contribution is 2.34. The molecule has 37 heavy (non-hydrogen) atoms. The van der Waals surface area contributed by atoms with Crippen molar-refractivity contribution in [1.82, 2.24) is 25.2 Å². The van der Waals surface area contributed by atoms with Gasteiger partial charge >= 0.3 is 0 Å². The Bertz CT molecular complexity index is 1370. The summed E-state index contributed by atoms with van der Waals surface area (Å²) in [6.07, 6.45) is 7.04. The minimum atomic E-state index is 0. The number of benzene rings is 2. The van der Waals surface area contributed by atoms with Crippen molar-refractivity contribution >= 4 is 11.0 Å². The maximum Gasteiger partial charge on any atom is 0.121 e. The predicted molar refractivity (Wildman–Crippen MR) is 148 cm³/mol. The van der Waals surface area contributed by atoms with Crippen molar-refractivity contribution in [2.45, 2.75) is 58.9 Å². The van der Waals surface area contributed by atoms with E-state index in [4.69, 9.17) is 14.4 Å². The van der Waals surface area contributed by atoms with E-state index < -0.39 is 0 Å². The number of hydrogen-bond acceptors (Lipinski definition) is 5. The number of imidazole rings is 1. The monoisotopic (exact) mass is 493 g/mol. The van der Waals surface area contributed by atoms with Gasteiger partial charge in [0.1, 0.15) is 11.6 Å². The standard InChI is InChI=1S/C30H31N5O.CH4/c1-2-10-27-26(9-1)33-29(34-27)21-35(28-11-3-6-24-7-4-16-32-30(24)28)20-23-14-12-22(13-15-23)18-31-19-25-8-5-17-36-25;/h1-2,4-5,7-10,12-17,28,31H,3,6,11,18-21H2,(H,33,34);1H4. The number of nitrogens with zero attached hydrogens (tertiary/aromatic N) is 3. The highest BCUT2D eigenvalue weighted by Gasteiger charge is 2.28. The van der Waals surface area contributed by atoms with E-state index in [1.807, 2.05) is 30.5 Å². The third-order valence-corrected chi connectivity index (χ3v) is 7.01. The van der Waals surface area contributed by atoms with Gasteiger partial charge in [-0.25, -0.2) is 4.98 Å². The summed E-state index contributed by atoms with van der Waals surface area (Å²) in [6.45, 7) is 3.14. The zero-order chi connectivity index (χ0) is 24.2. The normalized spacial score (nSPS) is 15.0. The van der Waals surface area contributed by atoms with Crippen molar-refractivity contribution < 1.29 is 4.42 Å². The smallest absolute Gasteiger partial charge is 0.121 e. The van der Waals surface area contributed by atoms with E-state index in [2.05, 4.69) is 63.7 Å². The summed E-state index contributed by atoms with van der Waals surface area (Å²) in [5.74, 6) is 1.95. The van der Waals surface area contributed by atoms with Gasteiger partial charge in [-0.1, -0.05) is 49.9 Å². The maximum absolute atomic E-state index is 5.40. The van der Waals surface area contributed by atoms with Gasteiger partial charge in [0.05, 0.1) is 42.1 Å². The number of nitrogens with one attached hydrogen (secondary N) is 2. The first-order valence-corrected chi connectivity index (χ1v) is 12.7. The van der Waals surface area contributed by atoms with Crippen molar-refractivity contribution in [2.75, 3.05) is 0 Å². The van der Waals surface area contributed by atoms with Gasteiger partial charge in [-0.2, -0.15) is 0 Å². The quantitative estimate of drug-likeness (QED) is 0.243. The number of aromatic amines is 1. The number of fused-ring (bicyclic) bond motifs is 2. The van der Waals surface area contributed by atoms with Gasteiger partial charge in [0.15, 0.2) is 0 Å². The van der Waals surface area contributed by atoms with E-state index in [1.54, 1.807) is 6.26 Å². The molecule has 0 aliphatic heterocycles. The molecule has 6 nitrogen and oxygen atoms in total. The minimum absolute atomic E-state index is 0. The summed E-state index contributed by atoms with van der Waals surface area (Å²) < 4.78 is 5.40. The summed E-state index contributed by atoms with van der Waals surface area (Å²) >= 11 is 0. The Labute approximate surface area is 218 Å². The van der Waals surface area contributed by atoms with Crippen LogP contribution in [0.4, 0.5) is 0 Å². The first-order valence-electron chi connectivity index (χ1n) is 12.7. The first-order chi connectivity index (χ1) is 17.8. The molecule has 0 radical (unpaired) electrons. The molecular weight excluding hydrogens is 458 g/mol. The fourth-order valence-electron chi connectivity index (χ4n) is 5.23. The summed E-state index contributed by atoms with van der Waals surface area (Å²) in [7, 11) is 0. The van der Waals surface area contributed by atoms with Crippen LogP contribution >= 0.6 is 0 Å². The number of aryl methyl sites for hydroxylation is 1. The summed E-state index contributed by atoms with van der Waals surface area (Å²) in [4.78, 5) is 15.8. The lowest BCUT2D eigenvalue weighted by Crippen LogP contribution is -2.31. The van der Waals surface area contributed by atoms with Crippen LogP contribution in [0.25, 0.3) is 11.0 Å². The lowest BCUT2D eigenvalue weighted by molar-refractivity contribution is 0.153. The molecule has 1 aliphatic carbocycles. The van der Waals surface area contributed by atoms with Crippen LogP contribution in [0.2, 0.25) is 0 Å². The highest BCUT2D eigenvalue weighted by atomic mass is 16.3. The van der Waals surface area contributed by atoms with E-state index >= 15 is 0 Å². The van der Waals surface area contributed by atoms with Crippen molar-refractivity contribution in [1.29, 1.82) is 0 Å². The third-order valence-electron chi connectivity index (χ3n) is 7.01. The Morgan fingerprint density at radius 1 is 0.919 bits per heavy atom. The number of furan rings is 1. The molecule has 2 aromatic carbocycles. The molecule has 6 rings (SSSR count). The summed E-state index contributed by atoms with van der Waals surface area (Å²) in [6, 6.07) is 25.7. The Hall–Kier alpha value is -3.74. The largest absolute Gasteiger partial charge is 0.468 e.